The van der Waals surface area contributed by atoms with Gasteiger partial charge in [-0.3, -0.25) is 10.2 Å². The smallest absolute Gasteiger partial charge is 0.272 e. The third-order valence-electron chi connectivity index (χ3n) is 3.30. The Balaban J connectivity index is 2.23. The van der Waals surface area contributed by atoms with Crippen LogP contribution in [-0.4, -0.2) is 23.0 Å². The molecule has 1 atom stereocenters. The third-order valence-corrected chi connectivity index (χ3v) is 3.68. The molecular weight excluding hydrogens is 236 g/mol. The van der Waals surface area contributed by atoms with Gasteiger partial charge in [-0.1, -0.05) is 11.6 Å². The summed E-state index contributed by atoms with van der Waals surface area (Å²) in [6.45, 7) is 2.00. The second-order valence-corrected chi connectivity index (χ2v) is 4.71. The molecule has 0 aliphatic carbocycles. The first-order valence-corrected chi connectivity index (χ1v) is 5.70. The van der Waals surface area contributed by atoms with Crippen molar-refractivity contribution >= 4 is 28.9 Å². The Morgan fingerprint density at radius 2 is 2.18 bits per heavy atom. The number of thiocarbonyl (C=S) groups is 1. The van der Waals surface area contributed by atoms with Gasteiger partial charge in [0.2, 0.25) is 5.66 Å². The zero-order chi connectivity index (χ0) is 12.2. The predicted octanol–water partition coefficient (Wildman–Crippen LogP) is 0.424. The summed E-state index contributed by atoms with van der Waals surface area (Å²) in [4.78, 5) is 13.9. The second-order valence-electron chi connectivity index (χ2n) is 4.33. The summed E-state index contributed by atoms with van der Waals surface area (Å²) in [5.41, 5.74) is 7.74. The lowest BCUT2D eigenvalue weighted by Gasteiger charge is -2.28. The molecule has 1 aromatic rings. The second kappa shape index (κ2) is 3.18. The zero-order valence-corrected chi connectivity index (χ0v) is 10.3. The summed E-state index contributed by atoms with van der Waals surface area (Å²) >= 11 is 5.14. The SMILES string of the molecule is Cc1ccc2c(c1)C1(NNC(=S)N1C)C(=O)N2. The summed E-state index contributed by atoms with van der Waals surface area (Å²) in [5, 5.41) is 3.37. The minimum atomic E-state index is -0.918. The predicted molar refractivity (Wildman–Crippen MR) is 68.1 cm³/mol. The Labute approximate surface area is 104 Å². The van der Waals surface area contributed by atoms with Crippen LogP contribution < -0.4 is 16.2 Å². The molecule has 0 aromatic heterocycles. The highest BCUT2D eigenvalue weighted by atomic mass is 32.1. The normalized spacial score (nSPS) is 26.1. The number of hydrazine groups is 1. The van der Waals surface area contributed by atoms with E-state index < -0.39 is 5.66 Å². The van der Waals surface area contributed by atoms with Gasteiger partial charge < -0.3 is 10.2 Å². The van der Waals surface area contributed by atoms with Gasteiger partial charge >= 0.3 is 0 Å². The number of hydrogen-bond donors (Lipinski definition) is 3. The van der Waals surface area contributed by atoms with Gasteiger partial charge in [0.05, 0.1) is 0 Å². The molecule has 0 bridgehead atoms. The van der Waals surface area contributed by atoms with E-state index in [2.05, 4.69) is 16.2 Å². The van der Waals surface area contributed by atoms with Gasteiger partial charge in [0.1, 0.15) is 0 Å². The molecule has 2 heterocycles. The van der Waals surface area contributed by atoms with Gasteiger partial charge in [-0.15, -0.1) is 0 Å². The first kappa shape index (κ1) is 10.5. The molecule has 1 spiro atoms. The number of benzene rings is 1. The number of amides is 1. The Morgan fingerprint density at radius 1 is 1.41 bits per heavy atom. The Kier molecular flexibility index (Phi) is 1.96. The molecule has 88 valence electrons. The van der Waals surface area contributed by atoms with Crippen LogP contribution in [0.15, 0.2) is 18.2 Å². The quantitative estimate of drug-likeness (QED) is 0.581. The molecular formula is C11H12N4OS. The highest BCUT2D eigenvalue weighted by Crippen LogP contribution is 2.39. The van der Waals surface area contributed by atoms with E-state index >= 15 is 0 Å². The number of anilines is 1. The summed E-state index contributed by atoms with van der Waals surface area (Å²) in [6.07, 6.45) is 0. The largest absolute Gasteiger partial charge is 0.322 e. The minimum absolute atomic E-state index is 0.118. The van der Waals surface area contributed by atoms with Crippen LogP contribution in [0.1, 0.15) is 11.1 Å². The fourth-order valence-corrected chi connectivity index (χ4v) is 2.51. The maximum Gasteiger partial charge on any atom is 0.272 e. The first-order valence-electron chi connectivity index (χ1n) is 5.29. The molecule has 2 aliphatic heterocycles. The highest BCUT2D eigenvalue weighted by molar-refractivity contribution is 7.80. The summed E-state index contributed by atoms with van der Waals surface area (Å²) < 4.78 is 0. The fraction of sp³-hybridized carbons (Fsp3) is 0.273. The Morgan fingerprint density at radius 3 is 2.82 bits per heavy atom. The number of aryl methyl sites for hydroxylation is 1. The van der Waals surface area contributed by atoms with Gasteiger partial charge in [-0.25, -0.2) is 0 Å². The molecule has 1 fully saturated rings. The van der Waals surface area contributed by atoms with Gasteiger partial charge in [0.25, 0.3) is 5.91 Å². The summed E-state index contributed by atoms with van der Waals surface area (Å²) in [7, 11) is 1.80. The third kappa shape index (κ3) is 1.16. The maximum absolute atomic E-state index is 12.2. The van der Waals surface area contributed by atoms with Crippen molar-refractivity contribution in [3.05, 3.63) is 29.3 Å². The molecule has 17 heavy (non-hydrogen) atoms. The van der Waals surface area contributed by atoms with Crippen LogP contribution in [-0.2, 0) is 10.5 Å². The van der Waals surface area contributed by atoms with Gasteiger partial charge in [0.15, 0.2) is 5.11 Å². The molecule has 1 aromatic carbocycles. The van der Waals surface area contributed by atoms with E-state index in [-0.39, 0.29) is 5.91 Å². The number of hydrogen-bond acceptors (Lipinski definition) is 3. The van der Waals surface area contributed by atoms with E-state index in [1.807, 2.05) is 25.1 Å². The molecule has 2 aliphatic rings. The molecule has 5 nitrogen and oxygen atoms in total. The lowest BCUT2D eigenvalue weighted by atomic mass is 9.99. The topological polar surface area (TPSA) is 56.4 Å². The van der Waals surface area contributed by atoms with Crippen molar-refractivity contribution in [1.29, 1.82) is 0 Å². The average molecular weight is 248 g/mol. The van der Waals surface area contributed by atoms with E-state index in [0.29, 0.717) is 5.11 Å². The monoisotopic (exact) mass is 248 g/mol. The van der Waals surface area contributed by atoms with E-state index in [9.17, 15) is 4.79 Å². The minimum Gasteiger partial charge on any atom is -0.322 e. The first-order chi connectivity index (χ1) is 8.05. The molecule has 1 amide bonds. The molecule has 0 radical (unpaired) electrons. The van der Waals surface area contributed by atoms with Crippen molar-refractivity contribution in [3.8, 4) is 0 Å². The van der Waals surface area contributed by atoms with Gasteiger partial charge in [-0.2, -0.15) is 5.43 Å². The van der Waals surface area contributed by atoms with E-state index in [4.69, 9.17) is 12.2 Å². The molecule has 3 N–H and O–H groups in total. The Hall–Kier alpha value is -1.66. The fourth-order valence-electron chi connectivity index (χ4n) is 2.32. The van der Waals surface area contributed by atoms with E-state index in [1.165, 1.54) is 0 Å². The van der Waals surface area contributed by atoms with Crippen LogP contribution in [0.5, 0.6) is 0 Å². The van der Waals surface area contributed by atoms with Crippen LogP contribution in [0.2, 0.25) is 0 Å². The van der Waals surface area contributed by atoms with Crippen LogP contribution in [0.25, 0.3) is 0 Å². The van der Waals surface area contributed by atoms with Crippen molar-refractivity contribution in [1.82, 2.24) is 15.8 Å². The van der Waals surface area contributed by atoms with Crippen LogP contribution in [0.3, 0.4) is 0 Å². The Bertz CT molecular complexity index is 544. The van der Waals surface area contributed by atoms with Crippen molar-refractivity contribution in [2.45, 2.75) is 12.6 Å². The summed E-state index contributed by atoms with van der Waals surface area (Å²) in [5.74, 6) is -0.118. The maximum atomic E-state index is 12.2. The lowest BCUT2D eigenvalue weighted by molar-refractivity contribution is -0.125. The average Bonchev–Trinajstić information content (AvgIpc) is 2.74. The number of carbonyl (C=O) groups is 1. The molecule has 1 unspecified atom stereocenters. The standard InChI is InChI=1S/C11H12N4OS/c1-6-3-4-8-7(5-6)11(9(16)12-8)14-13-10(17)15(11)2/h3-5,14H,1-2H3,(H,12,16)(H,13,17). The number of carbonyl (C=O) groups excluding carboxylic acids is 1. The highest BCUT2D eigenvalue weighted by Gasteiger charge is 2.54. The number of nitrogens with one attached hydrogen (secondary N) is 3. The molecule has 3 rings (SSSR count). The molecule has 0 saturated carbocycles. The summed E-state index contributed by atoms with van der Waals surface area (Å²) in [6, 6.07) is 5.87. The van der Waals surface area contributed by atoms with Crippen LogP contribution in [0.4, 0.5) is 5.69 Å². The number of nitrogens with zero attached hydrogens (tertiary/aromatic N) is 1. The number of rotatable bonds is 0. The van der Waals surface area contributed by atoms with E-state index in [0.717, 1.165) is 16.8 Å². The van der Waals surface area contributed by atoms with Crippen molar-refractivity contribution in [3.63, 3.8) is 0 Å². The molecule has 1 saturated heterocycles. The van der Waals surface area contributed by atoms with Crippen molar-refractivity contribution in [2.24, 2.45) is 0 Å². The van der Waals surface area contributed by atoms with Crippen molar-refractivity contribution < 1.29 is 4.79 Å². The van der Waals surface area contributed by atoms with Gasteiger partial charge in [-0.05, 0) is 31.3 Å². The lowest BCUT2D eigenvalue weighted by Crippen LogP contribution is -2.53. The van der Waals surface area contributed by atoms with Gasteiger partial charge in [0, 0.05) is 18.3 Å². The van der Waals surface area contributed by atoms with Crippen molar-refractivity contribution in [2.75, 3.05) is 12.4 Å². The molecule has 6 heteroatoms. The van der Waals surface area contributed by atoms with E-state index in [1.54, 1.807) is 11.9 Å². The number of fused-ring (bicyclic) bond motifs is 2. The zero-order valence-electron chi connectivity index (χ0n) is 9.50. The number of likely N-dealkylation sites (N-methyl/N-ethyl adjacent to an activating group) is 1. The van der Waals surface area contributed by atoms with Crippen LogP contribution >= 0.6 is 12.2 Å². The van der Waals surface area contributed by atoms with Crippen LogP contribution in [0, 0.1) is 6.92 Å².